The smallest absolute Gasteiger partial charge is 0.338 e. The zero-order valence-electron chi connectivity index (χ0n) is 26.4. The molecule has 260 valence electrons. The number of methoxy groups -OCH3 is 2. The number of carbonyl (C=O) groups excluding carboxylic acids is 1. The molecule has 8 N–H and O–H groups in total. The number of aliphatic hydroxyl groups excluding tert-OH is 4. The quantitative estimate of drug-likeness (QED) is 0.133. The summed E-state index contributed by atoms with van der Waals surface area (Å²) in [5.41, 5.74) is 2.14. The second-order valence-electron chi connectivity index (χ2n) is 11.9. The Morgan fingerprint density at radius 1 is 0.771 bits per heavy atom. The van der Waals surface area contributed by atoms with Crippen LogP contribution in [-0.4, -0.2) is 104 Å². The van der Waals surface area contributed by atoms with Crippen molar-refractivity contribution in [1.29, 1.82) is 0 Å². The topological polar surface area (TPSA) is 225 Å². The monoisotopic (exact) mass is 672 g/mol. The molecule has 1 heterocycles. The largest absolute Gasteiger partial charge is 0.507 e. The Kier molecular flexibility index (Phi) is 10.7. The van der Waals surface area contributed by atoms with Crippen LogP contribution >= 0.6 is 0 Å². The summed E-state index contributed by atoms with van der Waals surface area (Å²) in [6.07, 6.45) is -5.37. The van der Waals surface area contributed by atoms with Crippen LogP contribution in [0.4, 0.5) is 0 Å². The highest BCUT2D eigenvalue weighted by molar-refractivity contribution is 5.91. The zero-order chi connectivity index (χ0) is 34.7. The highest BCUT2D eigenvalue weighted by Gasteiger charge is 2.46. The van der Waals surface area contributed by atoms with E-state index in [-0.39, 0.29) is 28.6 Å². The van der Waals surface area contributed by atoms with Gasteiger partial charge in [-0.1, -0.05) is 12.5 Å². The van der Waals surface area contributed by atoms with Crippen molar-refractivity contribution < 1.29 is 69.3 Å². The zero-order valence-corrected chi connectivity index (χ0v) is 26.4. The van der Waals surface area contributed by atoms with Crippen LogP contribution in [0.15, 0.2) is 36.4 Å². The van der Waals surface area contributed by atoms with Crippen LogP contribution in [0.2, 0.25) is 0 Å². The van der Waals surface area contributed by atoms with Gasteiger partial charge in [0.15, 0.2) is 28.7 Å². The summed E-state index contributed by atoms with van der Waals surface area (Å²) in [6, 6.07) is 8.69. The van der Waals surface area contributed by atoms with E-state index >= 15 is 0 Å². The normalized spacial score (nSPS) is 24.4. The molecule has 4 bridgehead atoms. The molecule has 1 fully saturated rings. The van der Waals surface area contributed by atoms with E-state index in [0.29, 0.717) is 55.2 Å². The van der Waals surface area contributed by atoms with Gasteiger partial charge in [0.1, 0.15) is 36.8 Å². The number of aliphatic hydroxyl groups is 4. The molecule has 1 aliphatic heterocycles. The van der Waals surface area contributed by atoms with Gasteiger partial charge in [-0.25, -0.2) is 4.79 Å². The number of carbonyl (C=O) groups is 1. The molecule has 0 amide bonds. The van der Waals surface area contributed by atoms with Crippen LogP contribution in [0.3, 0.4) is 0 Å². The van der Waals surface area contributed by atoms with E-state index in [2.05, 4.69) is 0 Å². The molecular formula is C34H40O14. The average molecular weight is 673 g/mol. The Hall–Kier alpha value is -4.47. The molecule has 3 aromatic carbocycles. The van der Waals surface area contributed by atoms with E-state index in [4.69, 9.17) is 23.7 Å². The van der Waals surface area contributed by atoms with Crippen molar-refractivity contribution in [2.75, 3.05) is 20.8 Å². The first-order chi connectivity index (χ1) is 22.9. The highest BCUT2D eigenvalue weighted by Crippen LogP contribution is 2.50. The standard InChI is InChI=1S/C34H40O14/c1-44-31-21-12-17(5-3-4-6-19(35)9-7-16-8-10-22(36)20(21)11-16)30(32(31)45-2)48-34-29(42)28(41)27(40)25(47-34)15-46-33(43)18-13-23(37)26(39)24(38)14-18/h8,10-14,19,25,27-29,34-42H,3-7,9,15H2,1-2H3/t19-,25-,27-,28+,29-,34-/m1/s1. The molecule has 2 aliphatic rings. The van der Waals surface area contributed by atoms with Crippen LogP contribution in [0.5, 0.6) is 40.2 Å². The molecular weight excluding hydrogens is 632 g/mol. The molecule has 14 heteroatoms. The summed E-state index contributed by atoms with van der Waals surface area (Å²) in [5, 5.41) is 82.7. The SMILES string of the molecule is COc1c2cc(c(O[C@H]3O[C@H](COC(=O)c4cc(O)c(O)c(O)c4)[C@@H](O)[C@H](O)[C@H]3O)c1OC)CCCC[C@@H](O)CCc1ccc(O)c-2c1. The van der Waals surface area contributed by atoms with Crippen molar-refractivity contribution in [3.63, 3.8) is 0 Å². The number of ether oxygens (including phenoxy) is 5. The third kappa shape index (κ3) is 7.17. The number of hydrogen-bond donors (Lipinski definition) is 8. The number of hydrogen-bond acceptors (Lipinski definition) is 14. The van der Waals surface area contributed by atoms with Crippen LogP contribution in [0.1, 0.15) is 47.2 Å². The van der Waals surface area contributed by atoms with Gasteiger partial charge in [-0.2, -0.15) is 0 Å². The molecule has 0 aromatic heterocycles. The highest BCUT2D eigenvalue weighted by atomic mass is 16.7. The fourth-order valence-corrected chi connectivity index (χ4v) is 5.94. The van der Waals surface area contributed by atoms with Crippen molar-refractivity contribution in [3.05, 3.63) is 53.1 Å². The first-order valence-electron chi connectivity index (χ1n) is 15.5. The average Bonchev–Trinajstić information content (AvgIpc) is 3.08. The number of fused-ring (bicyclic) bond motifs is 5. The maximum absolute atomic E-state index is 12.6. The first kappa shape index (κ1) is 34.9. The van der Waals surface area contributed by atoms with Crippen LogP contribution in [-0.2, 0) is 22.3 Å². The summed E-state index contributed by atoms with van der Waals surface area (Å²) in [4.78, 5) is 12.6. The Labute approximate surface area is 275 Å². The second-order valence-corrected chi connectivity index (χ2v) is 11.9. The minimum Gasteiger partial charge on any atom is -0.507 e. The number of rotatable bonds is 7. The molecule has 14 nitrogen and oxygen atoms in total. The van der Waals surface area contributed by atoms with Crippen molar-refractivity contribution in [1.82, 2.24) is 0 Å². The summed E-state index contributed by atoms with van der Waals surface area (Å²) in [6.45, 7) is -0.643. The molecule has 0 unspecified atom stereocenters. The molecule has 1 aliphatic carbocycles. The number of aryl methyl sites for hydroxylation is 2. The van der Waals surface area contributed by atoms with Gasteiger partial charge in [-0.05, 0) is 73.6 Å². The lowest BCUT2D eigenvalue weighted by Crippen LogP contribution is -2.60. The van der Waals surface area contributed by atoms with Gasteiger partial charge >= 0.3 is 5.97 Å². The second kappa shape index (κ2) is 14.7. The molecule has 0 spiro atoms. The fraction of sp³-hybridized carbons (Fsp3) is 0.441. The Morgan fingerprint density at radius 3 is 2.17 bits per heavy atom. The molecule has 5 rings (SSSR count). The molecule has 1 saturated heterocycles. The number of benzene rings is 3. The van der Waals surface area contributed by atoms with Crippen LogP contribution in [0, 0.1) is 0 Å². The van der Waals surface area contributed by atoms with Gasteiger partial charge in [0.25, 0.3) is 0 Å². The third-order valence-electron chi connectivity index (χ3n) is 8.61. The van der Waals surface area contributed by atoms with Gasteiger partial charge in [0.05, 0.1) is 25.9 Å². The summed E-state index contributed by atoms with van der Waals surface area (Å²) < 4.78 is 28.7. The van der Waals surface area contributed by atoms with E-state index in [0.717, 1.165) is 17.7 Å². The third-order valence-corrected chi connectivity index (χ3v) is 8.61. The van der Waals surface area contributed by atoms with Gasteiger partial charge in [-0.15, -0.1) is 0 Å². The molecule has 48 heavy (non-hydrogen) atoms. The van der Waals surface area contributed by atoms with Gasteiger partial charge in [0, 0.05) is 11.1 Å². The predicted molar refractivity (Wildman–Crippen MR) is 168 cm³/mol. The number of phenols is 4. The van der Waals surface area contributed by atoms with E-state index in [1.54, 1.807) is 18.2 Å². The summed E-state index contributed by atoms with van der Waals surface area (Å²) >= 11 is 0. The molecule has 6 atom stereocenters. The minimum absolute atomic E-state index is 0.00703. The minimum atomic E-state index is -1.80. The number of esters is 1. The molecule has 3 aromatic rings. The van der Waals surface area contributed by atoms with Crippen molar-refractivity contribution >= 4 is 5.97 Å². The van der Waals surface area contributed by atoms with E-state index in [9.17, 15) is 45.6 Å². The van der Waals surface area contributed by atoms with Crippen LogP contribution in [0.25, 0.3) is 11.1 Å². The number of aromatic hydroxyl groups is 4. The van der Waals surface area contributed by atoms with Crippen LogP contribution < -0.4 is 14.2 Å². The van der Waals surface area contributed by atoms with Crippen molar-refractivity contribution in [3.8, 4) is 51.4 Å². The Balaban J connectivity index is 1.47. The van der Waals surface area contributed by atoms with E-state index in [1.165, 1.54) is 14.2 Å². The van der Waals surface area contributed by atoms with Crippen molar-refractivity contribution in [2.45, 2.75) is 75.3 Å². The van der Waals surface area contributed by atoms with Gasteiger partial charge in [-0.3, -0.25) is 0 Å². The fourth-order valence-electron chi connectivity index (χ4n) is 5.94. The Morgan fingerprint density at radius 2 is 1.48 bits per heavy atom. The maximum Gasteiger partial charge on any atom is 0.338 e. The van der Waals surface area contributed by atoms with E-state index < -0.39 is 66.6 Å². The lowest BCUT2D eigenvalue weighted by molar-refractivity contribution is -0.277. The summed E-state index contributed by atoms with van der Waals surface area (Å²) in [7, 11) is 2.80. The lowest BCUT2D eigenvalue weighted by atomic mass is 9.95. The van der Waals surface area contributed by atoms with Crippen molar-refractivity contribution in [2.24, 2.45) is 0 Å². The summed E-state index contributed by atoms with van der Waals surface area (Å²) in [5.74, 6) is -3.00. The maximum atomic E-state index is 12.6. The number of phenolic OH excluding ortho intramolecular Hbond substituents is 4. The van der Waals surface area contributed by atoms with E-state index in [1.807, 2.05) is 6.07 Å². The molecule has 0 radical (unpaired) electrons. The predicted octanol–water partition coefficient (Wildman–Crippen LogP) is 2.26. The van der Waals surface area contributed by atoms with Gasteiger partial charge in [0.2, 0.25) is 12.0 Å². The first-order valence-corrected chi connectivity index (χ1v) is 15.5. The van der Waals surface area contributed by atoms with Gasteiger partial charge < -0.3 is 64.5 Å². The molecule has 0 saturated carbocycles. The lowest BCUT2D eigenvalue weighted by Gasteiger charge is -2.40. The Bertz CT molecular complexity index is 1600.